The zero-order valence-corrected chi connectivity index (χ0v) is 10.2. The molecule has 0 aliphatic carbocycles. The molecule has 0 saturated carbocycles. The first-order valence-corrected chi connectivity index (χ1v) is 5.97. The average molecular weight is 248 g/mol. The van der Waals surface area contributed by atoms with Crippen LogP contribution >= 0.6 is 0 Å². The van der Waals surface area contributed by atoms with Crippen LogP contribution in [0.3, 0.4) is 0 Å². The molecule has 0 atom stereocenters. The maximum atomic E-state index is 4.21. The molecule has 4 heteroatoms. The van der Waals surface area contributed by atoms with E-state index >= 15 is 0 Å². The molecule has 0 aromatic carbocycles. The predicted octanol–water partition coefficient (Wildman–Crippen LogP) is 2.85. The van der Waals surface area contributed by atoms with Gasteiger partial charge in [0.2, 0.25) is 0 Å². The lowest BCUT2D eigenvalue weighted by Gasteiger charge is -1.94. The molecule has 3 rings (SSSR count). The third kappa shape index (κ3) is 2.74. The summed E-state index contributed by atoms with van der Waals surface area (Å²) in [6.45, 7) is 0. The number of hydrogen-bond acceptors (Lipinski definition) is 3. The van der Waals surface area contributed by atoms with E-state index in [1.54, 1.807) is 17.0 Å². The van der Waals surface area contributed by atoms with Gasteiger partial charge in [-0.3, -0.25) is 4.98 Å². The third-order valence-electron chi connectivity index (χ3n) is 2.65. The van der Waals surface area contributed by atoms with E-state index in [1.165, 1.54) is 0 Å². The fraction of sp³-hybridized carbons (Fsp3) is 0. The van der Waals surface area contributed by atoms with E-state index in [-0.39, 0.29) is 0 Å². The molecule has 0 saturated heterocycles. The maximum Gasteiger partial charge on any atom is 0.155 e. The van der Waals surface area contributed by atoms with E-state index in [1.807, 2.05) is 60.8 Å². The molecule has 0 amide bonds. The minimum atomic E-state index is 0.848. The van der Waals surface area contributed by atoms with Gasteiger partial charge in [0, 0.05) is 12.4 Å². The summed E-state index contributed by atoms with van der Waals surface area (Å²) in [6, 6.07) is 9.78. The summed E-state index contributed by atoms with van der Waals surface area (Å²) < 4.78 is 1.75. The summed E-state index contributed by atoms with van der Waals surface area (Å²) in [5.74, 6) is 0. The maximum absolute atomic E-state index is 4.21. The van der Waals surface area contributed by atoms with Gasteiger partial charge < -0.3 is 0 Å². The highest BCUT2D eigenvalue weighted by Crippen LogP contribution is 2.05. The van der Waals surface area contributed by atoms with Crippen LogP contribution in [0.1, 0.15) is 11.3 Å². The normalized spacial score (nSPS) is 11.8. The number of nitrogens with zero attached hydrogens (tertiary/aromatic N) is 4. The van der Waals surface area contributed by atoms with Crippen LogP contribution in [0.2, 0.25) is 0 Å². The van der Waals surface area contributed by atoms with E-state index in [9.17, 15) is 0 Å². The molecule has 3 heterocycles. The van der Waals surface area contributed by atoms with Crippen molar-refractivity contribution in [3.63, 3.8) is 0 Å². The van der Waals surface area contributed by atoms with Gasteiger partial charge in [-0.25, -0.2) is 9.50 Å². The largest absolute Gasteiger partial charge is 0.257 e. The predicted molar refractivity (Wildman–Crippen MR) is 75.3 cm³/mol. The van der Waals surface area contributed by atoms with E-state index < -0.39 is 0 Å². The van der Waals surface area contributed by atoms with Crippen molar-refractivity contribution in [3.8, 4) is 0 Å². The zero-order valence-electron chi connectivity index (χ0n) is 10.2. The number of aromatic nitrogens is 4. The second-order valence-electron chi connectivity index (χ2n) is 4.00. The van der Waals surface area contributed by atoms with Gasteiger partial charge in [0.1, 0.15) is 6.33 Å². The SMILES string of the molecule is C(C=Cc1ccccn1)=Cc1ccc2ncnn2c1. The van der Waals surface area contributed by atoms with Crippen molar-refractivity contribution in [2.45, 2.75) is 0 Å². The summed E-state index contributed by atoms with van der Waals surface area (Å²) in [6.07, 6.45) is 13.2. The van der Waals surface area contributed by atoms with Crippen LogP contribution in [-0.2, 0) is 0 Å². The second-order valence-corrected chi connectivity index (χ2v) is 4.00. The lowest BCUT2D eigenvalue weighted by Crippen LogP contribution is -1.86. The average Bonchev–Trinajstić information content (AvgIpc) is 2.92. The number of hydrogen-bond donors (Lipinski definition) is 0. The van der Waals surface area contributed by atoms with Crippen LogP contribution in [0, 0.1) is 0 Å². The Labute approximate surface area is 110 Å². The first-order valence-electron chi connectivity index (χ1n) is 5.97. The fourth-order valence-corrected chi connectivity index (χ4v) is 1.73. The van der Waals surface area contributed by atoms with E-state index in [2.05, 4.69) is 15.1 Å². The Morgan fingerprint density at radius 3 is 2.79 bits per heavy atom. The Bertz CT molecular complexity index is 726. The summed E-state index contributed by atoms with van der Waals surface area (Å²) in [5, 5.41) is 4.10. The minimum absolute atomic E-state index is 0.848. The van der Waals surface area contributed by atoms with Gasteiger partial charge in [0.25, 0.3) is 0 Å². The van der Waals surface area contributed by atoms with Crippen LogP contribution < -0.4 is 0 Å². The topological polar surface area (TPSA) is 43.1 Å². The van der Waals surface area contributed by atoms with Crippen molar-refractivity contribution >= 4 is 17.8 Å². The number of allylic oxidation sites excluding steroid dienone is 2. The van der Waals surface area contributed by atoms with Gasteiger partial charge in [-0.1, -0.05) is 24.3 Å². The van der Waals surface area contributed by atoms with Crippen molar-refractivity contribution in [1.29, 1.82) is 0 Å². The first-order chi connectivity index (χ1) is 9.42. The molecule has 0 fully saturated rings. The smallest absolute Gasteiger partial charge is 0.155 e. The van der Waals surface area contributed by atoms with Crippen molar-refractivity contribution in [2.75, 3.05) is 0 Å². The van der Waals surface area contributed by atoms with Crippen LogP contribution in [-0.4, -0.2) is 19.6 Å². The van der Waals surface area contributed by atoms with Gasteiger partial charge in [0.05, 0.1) is 5.69 Å². The highest BCUT2D eigenvalue weighted by atomic mass is 15.3. The summed E-state index contributed by atoms with van der Waals surface area (Å²) in [5.41, 5.74) is 2.86. The first kappa shape index (κ1) is 11.3. The van der Waals surface area contributed by atoms with Crippen LogP contribution in [0.15, 0.2) is 61.2 Å². The van der Waals surface area contributed by atoms with Crippen LogP contribution in [0.25, 0.3) is 17.8 Å². The van der Waals surface area contributed by atoms with Crippen LogP contribution in [0.4, 0.5) is 0 Å². The quantitative estimate of drug-likeness (QED) is 0.669. The molecule has 3 aromatic rings. The summed E-state index contributed by atoms with van der Waals surface area (Å²) in [4.78, 5) is 8.32. The Morgan fingerprint density at radius 1 is 0.947 bits per heavy atom. The highest BCUT2D eigenvalue weighted by molar-refractivity contribution is 5.56. The van der Waals surface area contributed by atoms with Crippen molar-refractivity contribution < 1.29 is 0 Å². The van der Waals surface area contributed by atoms with Crippen molar-refractivity contribution in [2.24, 2.45) is 0 Å². The van der Waals surface area contributed by atoms with Crippen LogP contribution in [0.5, 0.6) is 0 Å². The molecule has 19 heavy (non-hydrogen) atoms. The van der Waals surface area contributed by atoms with Gasteiger partial charge in [-0.05, 0) is 35.9 Å². The molecular formula is C15H12N4. The summed E-state index contributed by atoms with van der Waals surface area (Å²) >= 11 is 0. The molecule has 0 unspecified atom stereocenters. The number of pyridine rings is 2. The number of fused-ring (bicyclic) bond motifs is 1. The molecule has 92 valence electrons. The Balaban J connectivity index is 1.73. The fourth-order valence-electron chi connectivity index (χ4n) is 1.73. The third-order valence-corrected chi connectivity index (χ3v) is 2.65. The standard InChI is InChI=1S/C15H12N4/c1(2-6-14-7-3-4-10-16-14)5-13-8-9-15-17-12-18-19(15)11-13/h1-12H. The minimum Gasteiger partial charge on any atom is -0.257 e. The van der Waals surface area contributed by atoms with E-state index in [0.717, 1.165) is 16.9 Å². The molecule has 4 nitrogen and oxygen atoms in total. The zero-order chi connectivity index (χ0) is 12.9. The molecule has 0 spiro atoms. The molecule has 3 aromatic heterocycles. The molecule has 0 aliphatic heterocycles. The lowest BCUT2D eigenvalue weighted by molar-refractivity contribution is 0.959. The van der Waals surface area contributed by atoms with Crippen molar-refractivity contribution in [3.05, 3.63) is 72.5 Å². The molecular weight excluding hydrogens is 236 g/mol. The van der Waals surface area contributed by atoms with Gasteiger partial charge in [-0.15, -0.1) is 0 Å². The van der Waals surface area contributed by atoms with Gasteiger partial charge >= 0.3 is 0 Å². The molecule has 0 bridgehead atoms. The Hall–Kier alpha value is -2.75. The molecule has 0 radical (unpaired) electrons. The monoisotopic (exact) mass is 248 g/mol. The highest BCUT2D eigenvalue weighted by Gasteiger charge is 1.93. The molecule has 0 aliphatic rings. The van der Waals surface area contributed by atoms with Gasteiger partial charge in [0.15, 0.2) is 5.65 Å². The lowest BCUT2D eigenvalue weighted by atomic mass is 10.2. The second kappa shape index (κ2) is 5.27. The Kier molecular flexibility index (Phi) is 3.14. The van der Waals surface area contributed by atoms with E-state index in [0.29, 0.717) is 0 Å². The Morgan fingerprint density at radius 2 is 1.89 bits per heavy atom. The summed E-state index contributed by atoms with van der Waals surface area (Å²) in [7, 11) is 0. The van der Waals surface area contributed by atoms with E-state index in [4.69, 9.17) is 0 Å². The van der Waals surface area contributed by atoms with Crippen molar-refractivity contribution in [1.82, 2.24) is 19.6 Å². The number of rotatable bonds is 3. The van der Waals surface area contributed by atoms with Gasteiger partial charge in [-0.2, -0.15) is 5.10 Å². The molecule has 0 N–H and O–H groups in total.